The van der Waals surface area contributed by atoms with Crippen LogP contribution in [0.3, 0.4) is 0 Å². The van der Waals surface area contributed by atoms with Gasteiger partial charge in [-0.3, -0.25) is 4.79 Å². The van der Waals surface area contributed by atoms with Crippen LogP contribution >= 0.6 is 11.3 Å². The summed E-state index contributed by atoms with van der Waals surface area (Å²) in [6.07, 6.45) is 4.17. The molecule has 1 N–H and O–H groups in total. The predicted molar refractivity (Wildman–Crippen MR) is 82.6 cm³/mol. The zero-order chi connectivity index (χ0) is 15.0. The molecule has 0 aromatic carbocycles. The van der Waals surface area contributed by atoms with Gasteiger partial charge in [0, 0.05) is 11.1 Å². The second-order valence-corrected chi connectivity index (χ2v) is 6.72. The summed E-state index contributed by atoms with van der Waals surface area (Å²) in [6, 6.07) is 1.81. The van der Waals surface area contributed by atoms with Crippen LogP contribution in [0.4, 0.5) is 0 Å². The van der Waals surface area contributed by atoms with Gasteiger partial charge < -0.3 is 9.73 Å². The quantitative estimate of drug-likeness (QED) is 0.936. The van der Waals surface area contributed by atoms with E-state index in [0.717, 1.165) is 42.1 Å². The lowest BCUT2D eigenvalue weighted by molar-refractivity contribution is 0.0896. The first kappa shape index (κ1) is 14.3. The van der Waals surface area contributed by atoms with E-state index in [2.05, 4.69) is 15.7 Å². The Balaban J connectivity index is 1.89. The van der Waals surface area contributed by atoms with Crippen molar-refractivity contribution in [3.63, 3.8) is 0 Å². The summed E-state index contributed by atoms with van der Waals surface area (Å²) in [7, 11) is 0. The number of carbonyl (C=O) groups is 1. The highest BCUT2D eigenvalue weighted by atomic mass is 32.1. The van der Waals surface area contributed by atoms with Gasteiger partial charge in [0.15, 0.2) is 0 Å². The summed E-state index contributed by atoms with van der Waals surface area (Å²) in [5, 5.41) is 6.32. The van der Waals surface area contributed by atoms with Gasteiger partial charge in [0.05, 0.1) is 11.1 Å². The van der Waals surface area contributed by atoms with Gasteiger partial charge in [-0.2, -0.15) is 0 Å². The number of rotatable bonds is 3. The molecule has 0 radical (unpaired) electrons. The molecule has 0 aliphatic heterocycles. The summed E-state index contributed by atoms with van der Waals surface area (Å²) < 4.78 is 5.47. The Morgan fingerprint density at radius 1 is 1.33 bits per heavy atom. The molecule has 0 unspecified atom stereocenters. The minimum atomic E-state index is -0.298. The number of hydrogen-bond donors (Lipinski definition) is 1. The molecule has 3 rings (SSSR count). The normalized spacial score (nSPS) is 17.1. The number of aromatic nitrogens is 1. The van der Waals surface area contributed by atoms with Crippen LogP contribution < -0.4 is 5.32 Å². The van der Waals surface area contributed by atoms with Gasteiger partial charge in [0.2, 0.25) is 0 Å². The van der Waals surface area contributed by atoms with Crippen LogP contribution in [-0.2, 0) is 5.54 Å². The van der Waals surface area contributed by atoms with E-state index in [4.69, 9.17) is 4.42 Å². The first-order valence-corrected chi connectivity index (χ1v) is 8.20. The highest BCUT2D eigenvalue weighted by Gasteiger charge is 2.40. The van der Waals surface area contributed by atoms with E-state index in [1.54, 1.807) is 17.4 Å². The number of thiazole rings is 1. The lowest BCUT2D eigenvalue weighted by Gasteiger charge is -2.28. The molecule has 1 aliphatic carbocycles. The van der Waals surface area contributed by atoms with Crippen molar-refractivity contribution in [2.75, 3.05) is 0 Å². The van der Waals surface area contributed by atoms with Crippen molar-refractivity contribution in [2.24, 2.45) is 0 Å². The summed E-state index contributed by atoms with van der Waals surface area (Å²) in [5.74, 6) is 1.38. The van der Waals surface area contributed by atoms with Crippen LogP contribution in [0.15, 0.2) is 15.9 Å². The fourth-order valence-corrected chi connectivity index (χ4v) is 4.10. The van der Waals surface area contributed by atoms with Crippen molar-refractivity contribution < 1.29 is 9.21 Å². The maximum absolute atomic E-state index is 12.6. The smallest absolute Gasteiger partial charge is 0.255 e. The molecule has 0 atom stereocenters. The monoisotopic (exact) mass is 304 g/mol. The van der Waals surface area contributed by atoms with Gasteiger partial charge in [-0.15, -0.1) is 11.3 Å². The van der Waals surface area contributed by atoms with Gasteiger partial charge in [-0.05, 0) is 39.7 Å². The maximum atomic E-state index is 12.6. The zero-order valence-electron chi connectivity index (χ0n) is 12.7. The molecule has 112 valence electrons. The average molecular weight is 304 g/mol. The number of nitrogens with one attached hydrogen (secondary N) is 1. The molecule has 1 amide bonds. The van der Waals surface area contributed by atoms with Crippen LogP contribution in [0.5, 0.6) is 0 Å². The highest BCUT2D eigenvalue weighted by molar-refractivity contribution is 7.09. The Hall–Kier alpha value is -1.62. The van der Waals surface area contributed by atoms with Crippen molar-refractivity contribution in [1.82, 2.24) is 10.3 Å². The number of hydrogen-bond acceptors (Lipinski definition) is 4. The second-order valence-electron chi connectivity index (χ2n) is 5.86. The molecule has 1 saturated carbocycles. The Kier molecular flexibility index (Phi) is 3.61. The molecule has 2 aromatic heterocycles. The maximum Gasteiger partial charge on any atom is 0.255 e. The van der Waals surface area contributed by atoms with Crippen molar-refractivity contribution in [2.45, 2.75) is 52.0 Å². The molecule has 4 nitrogen and oxygen atoms in total. The van der Waals surface area contributed by atoms with Gasteiger partial charge >= 0.3 is 0 Å². The van der Waals surface area contributed by atoms with Gasteiger partial charge in [0.25, 0.3) is 5.91 Å². The first-order chi connectivity index (χ1) is 10.00. The van der Waals surface area contributed by atoms with E-state index in [1.807, 2.05) is 20.8 Å². The zero-order valence-corrected chi connectivity index (χ0v) is 13.5. The number of nitrogens with zero attached hydrogens (tertiary/aromatic N) is 1. The van der Waals surface area contributed by atoms with Crippen LogP contribution in [0, 0.1) is 20.8 Å². The van der Waals surface area contributed by atoms with E-state index in [-0.39, 0.29) is 11.4 Å². The fraction of sp³-hybridized carbons (Fsp3) is 0.500. The predicted octanol–water partition coefficient (Wildman–Crippen LogP) is 3.86. The summed E-state index contributed by atoms with van der Waals surface area (Å²) >= 11 is 1.64. The molecule has 21 heavy (non-hydrogen) atoms. The van der Waals surface area contributed by atoms with Crippen molar-refractivity contribution in [1.29, 1.82) is 0 Å². The van der Waals surface area contributed by atoms with E-state index in [1.165, 1.54) is 0 Å². The molecule has 0 saturated heterocycles. The van der Waals surface area contributed by atoms with Crippen LogP contribution in [0.1, 0.15) is 58.3 Å². The van der Waals surface area contributed by atoms with Crippen LogP contribution in [-0.4, -0.2) is 10.9 Å². The van der Waals surface area contributed by atoms with E-state index < -0.39 is 0 Å². The van der Waals surface area contributed by atoms with E-state index in [9.17, 15) is 4.79 Å². The molecular weight excluding hydrogens is 284 g/mol. The second kappa shape index (κ2) is 5.30. The molecular formula is C16H20N2O2S. The molecule has 1 aliphatic rings. The SMILES string of the molecule is Cc1csc(C2(NC(=O)c3cc(C)oc3C)CCCC2)n1. The lowest BCUT2D eigenvalue weighted by Crippen LogP contribution is -2.43. The number of amides is 1. The van der Waals surface area contributed by atoms with Crippen molar-refractivity contribution >= 4 is 17.2 Å². The Bertz CT molecular complexity index is 666. The molecule has 5 heteroatoms. The molecule has 1 fully saturated rings. The highest BCUT2D eigenvalue weighted by Crippen LogP contribution is 2.40. The summed E-state index contributed by atoms with van der Waals surface area (Å²) in [5.41, 5.74) is 1.35. The third kappa shape index (κ3) is 2.62. The minimum Gasteiger partial charge on any atom is -0.466 e. The molecule has 2 heterocycles. The first-order valence-electron chi connectivity index (χ1n) is 7.32. The lowest BCUT2D eigenvalue weighted by atomic mass is 9.97. The summed E-state index contributed by atoms with van der Waals surface area (Å²) in [4.78, 5) is 17.2. The largest absolute Gasteiger partial charge is 0.466 e. The average Bonchev–Trinajstić information content (AvgIpc) is 3.11. The number of aryl methyl sites for hydroxylation is 3. The fourth-order valence-electron chi connectivity index (χ4n) is 3.09. The van der Waals surface area contributed by atoms with Crippen LogP contribution in [0.25, 0.3) is 0 Å². The topological polar surface area (TPSA) is 55.1 Å². The Morgan fingerprint density at radius 2 is 2.05 bits per heavy atom. The van der Waals surface area contributed by atoms with E-state index in [0.29, 0.717) is 11.3 Å². The number of furan rings is 1. The van der Waals surface area contributed by atoms with Gasteiger partial charge in [-0.1, -0.05) is 12.8 Å². The van der Waals surface area contributed by atoms with E-state index >= 15 is 0 Å². The Labute approximate surface area is 128 Å². The standard InChI is InChI=1S/C16H20N2O2S/c1-10-9-21-15(17-10)16(6-4-5-7-16)18-14(19)13-8-11(2)20-12(13)3/h8-9H,4-7H2,1-3H3,(H,18,19). The molecule has 0 bridgehead atoms. The van der Waals surface area contributed by atoms with Gasteiger partial charge in [0.1, 0.15) is 16.5 Å². The third-order valence-electron chi connectivity index (χ3n) is 4.12. The van der Waals surface area contributed by atoms with Crippen molar-refractivity contribution in [3.8, 4) is 0 Å². The summed E-state index contributed by atoms with van der Waals surface area (Å²) in [6.45, 7) is 5.68. The molecule has 2 aromatic rings. The third-order valence-corrected chi connectivity index (χ3v) is 5.29. The van der Waals surface area contributed by atoms with Crippen LogP contribution in [0.2, 0.25) is 0 Å². The minimum absolute atomic E-state index is 0.0564. The van der Waals surface area contributed by atoms with Crippen molar-refractivity contribution in [3.05, 3.63) is 39.2 Å². The Morgan fingerprint density at radius 3 is 2.57 bits per heavy atom. The molecule has 0 spiro atoms. The number of carbonyl (C=O) groups excluding carboxylic acids is 1. The van der Waals surface area contributed by atoms with Gasteiger partial charge in [-0.25, -0.2) is 4.98 Å².